The van der Waals surface area contributed by atoms with Crippen LogP contribution in [-0.2, 0) is 9.59 Å². The maximum Gasteiger partial charge on any atom is 0.490 e. The Balaban J connectivity index is 0.000000587. The average molecular weight is 577 g/mol. The summed E-state index contributed by atoms with van der Waals surface area (Å²) in [5.41, 5.74) is 8.17. The molecule has 1 atom stereocenters. The van der Waals surface area contributed by atoms with Crippen LogP contribution < -0.4 is 10.5 Å². The van der Waals surface area contributed by atoms with Gasteiger partial charge in [-0.3, -0.25) is 4.79 Å². The van der Waals surface area contributed by atoms with E-state index in [1.807, 2.05) is 48.5 Å². The van der Waals surface area contributed by atoms with Gasteiger partial charge in [0.15, 0.2) is 0 Å². The molecule has 0 spiro atoms. The molecule has 0 bridgehead atoms. The topological polar surface area (TPSA) is 111 Å². The van der Waals surface area contributed by atoms with E-state index in [0.29, 0.717) is 18.4 Å². The smallest absolute Gasteiger partial charge is 0.475 e. The van der Waals surface area contributed by atoms with Crippen LogP contribution in [0.5, 0.6) is 11.5 Å². The van der Waals surface area contributed by atoms with E-state index in [1.54, 1.807) is 0 Å². The number of halogens is 3. The normalized spacial score (nSPS) is 14.7. The maximum atomic E-state index is 13.3. The van der Waals surface area contributed by atoms with Gasteiger partial charge in [0.05, 0.1) is 11.0 Å². The minimum atomic E-state index is -5.08. The van der Waals surface area contributed by atoms with Crippen molar-refractivity contribution in [3.8, 4) is 11.5 Å². The third-order valence-electron chi connectivity index (χ3n) is 7.24. The molecule has 1 heterocycles. The van der Waals surface area contributed by atoms with Crippen molar-refractivity contribution in [1.82, 2.24) is 14.5 Å². The van der Waals surface area contributed by atoms with Crippen molar-refractivity contribution in [1.29, 1.82) is 0 Å². The van der Waals surface area contributed by atoms with E-state index in [1.165, 1.54) is 19.3 Å². The van der Waals surface area contributed by atoms with Crippen molar-refractivity contribution in [2.45, 2.75) is 89.9 Å². The third-order valence-corrected chi connectivity index (χ3v) is 7.24. The zero-order chi connectivity index (χ0) is 30.0. The number of hydrogen-bond acceptors (Lipinski definition) is 5. The number of rotatable bonds is 10. The standard InChI is InChI=1S/C28H38N4O2.C2HF3O2/c1-3-19-31(22-11-7-5-8-12-22)27(33)18-15-21(4-2)32-26-20-24(16-17-25(26)30-28(32)29)34-23-13-9-6-10-14-23;3-2(4,5)1(6)7/h6,9-10,13-14,16-17,20-22H,3-5,7-8,11-12,15,18-19H2,1-2H3,(H2,29,30);(H,6,7). The molecule has 0 aliphatic heterocycles. The number of hydrogen-bond donors (Lipinski definition) is 2. The molecular formula is C30H39F3N4O4. The Morgan fingerprint density at radius 1 is 1.10 bits per heavy atom. The Kier molecular flexibility index (Phi) is 11.4. The summed E-state index contributed by atoms with van der Waals surface area (Å²) in [4.78, 5) is 28.9. The van der Waals surface area contributed by atoms with E-state index in [9.17, 15) is 18.0 Å². The first-order valence-corrected chi connectivity index (χ1v) is 14.1. The van der Waals surface area contributed by atoms with Crippen LogP contribution in [0.15, 0.2) is 48.5 Å². The molecule has 0 radical (unpaired) electrons. The summed E-state index contributed by atoms with van der Waals surface area (Å²) in [7, 11) is 0. The Morgan fingerprint density at radius 3 is 2.34 bits per heavy atom. The van der Waals surface area contributed by atoms with Crippen molar-refractivity contribution in [2.75, 3.05) is 12.3 Å². The Hall–Kier alpha value is -3.76. The zero-order valence-corrected chi connectivity index (χ0v) is 23.6. The second-order valence-corrected chi connectivity index (χ2v) is 10.2. The number of anilines is 1. The lowest BCUT2D eigenvalue weighted by molar-refractivity contribution is -0.192. The molecule has 1 unspecified atom stereocenters. The first-order chi connectivity index (χ1) is 19.5. The molecule has 3 N–H and O–H groups in total. The fraction of sp³-hybridized carbons (Fsp3) is 0.500. The monoisotopic (exact) mass is 576 g/mol. The van der Waals surface area contributed by atoms with Crippen molar-refractivity contribution >= 4 is 28.9 Å². The fourth-order valence-corrected chi connectivity index (χ4v) is 5.26. The third kappa shape index (κ3) is 8.86. The molecule has 1 amide bonds. The molecule has 1 aliphatic carbocycles. The lowest BCUT2D eigenvalue weighted by atomic mass is 9.93. The van der Waals surface area contributed by atoms with Gasteiger partial charge in [-0.15, -0.1) is 0 Å². The van der Waals surface area contributed by atoms with E-state index < -0.39 is 12.1 Å². The molecule has 0 saturated heterocycles. The van der Waals surface area contributed by atoms with Crippen LogP contribution in [0.3, 0.4) is 0 Å². The summed E-state index contributed by atoms with van der Waals surface area (Å²) in [6.45, 7) is 5.16. The van der Waals surface area contributed by atoms with Crippen LogP contribution in [-0.4, -0.2) is 50.2 Å². The number of carboxylic acid groups (broad SMARTS) is 1. The Bertz CT molecular complexity index is 1270. The minimum absolute atomic E-state index is 0.107. The number of aliphatic carboxylic acids is 1. The number of para-hydroxylation sites is 1. The van der Waals surface area contributed by atoms with Crippen molar-refractivity contribution < 1.29 is 32.6 Å². The van der Waals surface area contributed by atoms with Crippen LogP contribution in [0.25, 0.3) is 11.0 Å². The maximum absolute atomic E-state index is 13.3. The predicted molar refractivity (Wildman–Crippen MR) is 152 cm³/mol. The number of ether oxygens (including phenoxy) is 1. The van der Waals surface area contributed by atoms with E-state index in [0.717, 1.165) is 61.2 Å². The molecule has 4 rings (SSSR count). The van der Waals surface area contributed by atoms with Crippen LogP contribution in [0.4, 0.5) is 19.1 Å². The molecule has 3 aromatic rings. The van der Waals surface area contributed by atoms with Crippen LogP contribution >= 0.6 is 0 Å². The van der Waals surface area contributed by atoms with Gasteiger partial charge in [0.1, 0.15) is 11.5 Å². The molecule has 1 saturated carbocycles. The van der Waals surface area contributed by atoms with Gasteiger partial charge < -0.3 is 25.0 Å². The highest BCUT2D eigenvalue weighted by Gasteiger charge is 2.38. The first kappa shape index (κ1) is 31.8. The van der Waals surface area contributed by atoms with Crippen LogP contribution in [0.2, 0.25) is 0 Å². The highest BCUT2D eigenvalue weighted by molar-refractivity contribution is 5.80. The van der Waals surface area contributed by atoms with Crippen LogP contribution in [0, 0.1) is 0 Å². The number of carboxylic acids is 1. The van der Waals surface area contributed by atoms with Gasteiger partial charge in [-0.2, -0.15) is 13.2 Å². The molecule has 224 valence electrons. The Labute approximate surface area is 238 Å². The number of imidazole rings is 1. The Morgan fingerprint density at radius 2 is 1.76 bits per heavy atom. The summed E-state index contributed by atoms with van der Waals surface area (Å²) >= 11 is 0. The summed E-state index contributed by atoms with van der Waals surface area (Å²) in [6, 6.07) is 16.1. The van der Waals surface area contributed by atoms with Gasteiger partial charge in [0, 0.05) is 31.1 Å². The molecule has 41 heavy (non-hydrogen) atoms. The number of nitrogen functional groups attached to an aromatic ring is 1. The lowest BCUT2D eigenvalue weighted by Gasteiger charge is -2.34. The van der Waals surface area contributed by atoms with Crippen molar-refractivity contribution in [3.05, 3.63) is 48.5 Å². The number of nitrogens with zero attached hydrogens (tertiary/aromatic N) is 3. The van der Waals surface area contributed by atoms with Gasteiger partial charge in [-0.25, -0.2) is 9.78 Å². The number of fused-ring (bicyclic) bond motifs is 1. The molecular weight excluding hydrogens is 537 g/mol. The van der Waals surface area contributed by atoms with Gasteiger partial charge in [0.2, 0.25) is 11.9 Å². The van der Waals surface area contributed by atoms with Gasteiger partial charge in [0.25, 0.3) is 0 Å². The SMILES string of the molecule is CCCN(C(=O)CCC(CC)n1c(N)nc2ccc(Oc3ccccc3)cc21)C1CCCCC1.O=C(O)C(F)(F)F. The lowest BCUT2D eigenvalue weighted by Crippen LogP contribution is -2.42. The van der Waals surface area contributed by atoms with Gasteiger partial charge in [-0.05, 0) is 56.4 Å². The van der Waals surface area contributed by atoms with E-state index in [4.69, 9.17) is 20.4 Å². The second kappa shape index (κ2) is 14.7. The number of nitrogens with two attached hydrogens (primary N) is 1. The van der Waals surface area contributed by atoms with Gasteiger partial charge in [-0.1, -0.05) is 51.3 Å². The summed E-state index contributed by atoms with van der Waals surface area (Å²) in [5, 5.41) is 7.12. The number of aromatic nitrogens is 2. The fourth-order valence-electron chi connectivity index (χ4n) is 5.26. The predicted octanol–water partition coefficient (Wildman–Crippen LogP) is 7.35. The van der Waals surface area contributed by atoms with E-state index in [-0.39, 0.29) is 11.9 Å². The second-order valence-electron chi connectivity index (χ2n) is 10.2. The first-order valence-electron chi connectivity index (χ1n) is 14.1. The summed E-state index contributed by atoms with van der Waals surface area (Å²) in [6.07, 6.45) is 4.15. The molecule has 1 aromatic heterocycles. The van der Waals surface area contributed by atoms with Crippen LogP contribution in [0.1, 0.15) is 77.7 Å². The van der Waals surface area contributed by atoms with Crippen molar-refractivity contribution in [3.63, 3.8) is 0 Å². The molecule has 1 fully saturated rings. The summed E-state index contributed by atoms with van der Waals surface area (Å²) < 4.78 is 39.9. The molecule has 8 nitrogen and oxygen atoms in total. The molecule has 1 aliphatic rings. The number of carbonyl (C=O) groups excluding carboxylic acids is 1. The number of benzene rings is 2. The number of carbonyl (C=O) groups is 2. The zero-order valence-electron chi connectivity index (χ0n) is 23.6. The molecule has 11 heteroatoms. The van der Waals surface area contributed by atoms with Gasteiger partial charge >= 0.3 is 12.1 Å². The molecule has 2 aromatic carbocycles. The minimum Gasteiger partial charge on any atom is -0.475 e. The van der Waals surface area contributed by atoms with E-state index in [2.05, 4.69) is 28.3 Å². The average Bonchev–Trinajstić information content (AvgIpc) is 3.28. The highest BCUT2D eigenvalue weighted by atomic mass is 19.4. The number of alkyl halides is 3. The quantitative estimate of drug-likeness (QED) is 0.261. The van der Waals surface area contributed by atoms with E-state index >= 15 is 0 Å². The summed E-state index contributed by atoms with van der Waals surface area (Å²) in [5.74, 6) is -0.450. The number of amides is 1. The highest BCUT2D eigenvalue weighted by Crippen LogP contribution is 2.32. The van der Waals surface area contributed by atoms with Crippen molar-refractivity contribution in [2.24, 2.45) is 0 Å². The largest absolute Gasteiger partial charge is 0.490 e.